The molecule has 0 spiro atoms. The number of rotatable bonds is 1. The Hall–Kier alpha value is -0.0400. The fourth-order valence-corrected chi connectivity index (χ4v) is 0. The van der Waals surface area contributed by atoms with Crippen LogP contribution in [0.15, 0.2) is 0 Å². The Bertz CT molecular complexity index is 96.0. The lowest BCUT2D eigenvalue weighted by Crippen LogP contribution is -2.02. The molecule has 0 aromatic carbocycles. The minimum Gasteiger partial charge on any atom is -0.395 e. The first-order valence-electron chi connectivity index (χ1n) is 2.39. The van der Waals surface area contributed by atoms with Crippen molar-refractivity contribution in [3.05, 3.63) is 0 Å². The van der Waals surface area contributed by atoms with E-state index in [0.29, 0.717) is 6.54 Å². The van der Waals surface area contributed by atoms with E-state index in [-0.39, 0.29) is 6.61 Å². The number of aliphatic hydroxyl groups excluding tert-OH is 1. The van der Waals surface area contributed by atoms with Crippen LogP contribution in [0.3, 0.4) is 0 Å². The maximum absolute atomic E-state index is 8.70. The molecular weight excluding hydrogens is 212 g/mol. The molecular formula is C2H11NO7P2+2. The van der Waals surface area contributed by atoms with Gasteiger partial charge in [-0.25, -0.2) is 0 Å². The van der Waals surface area contributed by atoms with Crippen molar-refractivity contribution in [2.24, 2.45) is 5.73 Å². The van der Waals surface area contributed by atoms with Gasteiger partial charge in [-0.3, -0.25) is 0 Å². The standard InChI is InChI=1S/C2H7NO.2HO3P/c3-1-2-4;2*1-4(2)3/h4H,1-3H2;2*(H-,1,2,3)/p+2. The first kappa shape index (κ1) is 17.9. The lowest BCUT2D eigenvalue weighted by molar-refractivity contribution is 0.306. The number of hydrogen-bond donors (Lipinski definition) is 6. The van der Waals surface area contributed by atoms with Crippen LogP contribution in [-0.4, -0.2) is 37.8 Å². The number of hydrogen-bond acceptors (Lipinski definition) is 4. The van der Waals surface area contributed by atoms with Crippen LogP contribution in [0.4, 0.5) is 0 Å². The normalized spacial score (nSPS) is 6.83. The minimum atomic E-state index is -2.87. The van der Waals surface area contributed by atoms with E-state index in [1.165, 1.54) is 0 Å². The average molecular weight is 223 g/mol. The fraction of sp³-hybridized carbons (Fsp3) is 1.00. The van der Waals surface area contributed by atoms with E-state index in [4.69, 9.17) is 39.5 Å². The molecule has 8 nitrogen and oxygen atoms in total. The van der Waals surface area contributed by atoms with Crippen LogP contribution >= 0.6 is 16.5 Å². The van der Waals surface area contributed by atoms with Crippen molar-refractivity contribution >= 4 is 16.5 Å². The lowest BCUT2D eigenvalue weighted by atomic mass is 10.8. The summed E-state index contributed by atoms with van der Waals surface area (Å²) in [5, 5.41) is 7.75. The first-order chi connectivity index (χ1) is 5.38. The third-order valence-electron chi connectivity index (χ3n) is 0.129. The monoisotopic (exact) mass is 223 g/mol. The Labute approximate surface area is 70.2 Å². The van der Waals surface area contributed by atoms with Crippen molar-refractivity contribution in [1.82, 2.24) is 0 Å². The predicted octanol–water partition coefficient (Wildman–Crippen LogP) is -1.81. The third kappa shape index (κ3) is 868. The molecule has 0 aliphatic carbocycles. The summed E-state index contributed by atoms with van der Waals surface area (Å²) in [5.74, 6) is 0. The Kier molecular flexibility index (Phi) is 25.6. The van der Waals surface area contributed by atoms with Crippen molar-refractivity contribution < 1.29 is 33.8 Å². The highest BCUT2D eigenvalue weighted by atomic mass is 31.1. The smallest absolute Gasteiger partial charge is 0.395 e. The van der Waals surface area contributed by atoms with Gasteiger partial charge in [-0.1, -0.05) is 0 Å². The van der Waals surface area contributed by atoms with Gasteiger partial charge in [0.1, 0.15) is 0 Å². The Morgan fingerprint density at radius 1 is 1.00 bits per heavy atom. The summed E-state index contributed by atoms with van der Waals surface area (Å²) in [5.41, 5.74) is 4.78. The summed E-state index contributed by atoms with van der Waals surface area (Å²) in [6.07, 6.45) is 0. The second-order valence-electron chi connectivity index (χ2n) is 1.02. The molecule has 7 N–H and O–H groups in total. The molecule has 12 heavy (non-hydrogen) atoms. The molecule has 0 aliphatic rings. The number of aliphatic hydroxyl groups is 1. The molecule has 0 aromatic rings. The topological polar surface area (TPSA) is 161 Å². The van der Waals surface area contributed by atoms with E-state index in [0.717, 1.165) is 0 Å². The molecule has 0 atom stereocenters. The molecule has 0 fully saturated rings. The van der Waals surface area contributed by atoms with Gasteiger partial charge in [0.15, 0.2) is 0 Å². The van der Waals surface area contributed by atoms with Crippen molar-refractivity contribution in [2.75, 3.05) is 13.2 Å². The van der Waals surface area contributed by atoms with Gasteiger partial charge in [-0.15, -0.1) is 19.6 Å². The van der Waals surface area contributed by atoms with Gasteiger partial charge in [0.2, 0.25) is 0 Å². The van der Waals surface area contributed by atoms with Crippen LogP contribution in [0.5, 0.6) is 0 Å². The van der Waals surface area contributed by atoms with Crippen molar-refractivity contribution in [1.29, 1.82) is 0 Å². The van der Waals surface area contributed by atoms with Gasteiger partial charge in [0.25, 0.3) is 0 Å². The average Bonchev–Trinajstić information content (AvgIpc) is 1.85. The van der Waals surface area contributed by atoms with Crippen LogP contribution in [0.2, 0.25) is 0 Å². The quantitative estimate of drug-likeness (QED) is 0.283. The first-order valence-corrected chi connectivity index (χ1v) is 4.72. The zero-order chi connectivity index (χ0) is 10.6. The summed E-state index contributed by atoms with van der Waals surface area (Å²) < 4.78 is 17.4. The molecule has 0 aliphatic heterocycles. The van der Waals surface area contributed by atoms with Gasteiger partial charge >= 0.3 is 16.5 Å². The maximum Gasteiger partial charge on any atom is 0.692 e. The Balaban J connectivity index is -0.000000101. The van der Waals surface area contributed by atoms with E-state index in [9.17, 15) is 0 Å². The Morgan fingerprint density at radius 3 is 1.08 bits per heavy atom. The van der Waals surface area contributed by atoms with Crippen molar-refractivity contribution in [3.8, 4) is 0 Å². The lowest BCUT2D eigenvalue weighted by Gasteiger charge is -1.71. The van der Waals surface area contributed by atoms with Crippen molar-refractivity contribution in [2.45, 2.75) is 0 Å². The zero-order valence-corrected chi connectivity index (χ0v) is 7.73. The molecule has 0 saturated carbocycles. The summed E-state index contributed by atoms with van der Waals surface area (Å²) in [7, 11) is -5.74. The Morgan fingerprint density at radius 2 is 1.08 bits per heavy atom. The summed E-state index contributed by atoms with van der Waals surface area (Å²) in [6, 6.07) is 0. The van der Waals surface area contributed by atoms with Gasteiger partial charge in [0, 0.05) is 15.7 Å². The summed E-state index contributed by atoms with van der Waals surface area (Å²) in [4.78, 5) is 28.5. The fourth-order valence-electron chi connectivity index (χ4n) is 0. The van der Waals surface area contributed by atoms with E-state index in [1.54, 1.807) is 0 Å². The molecule has 0 bridgehead atoms. The maximum atomic E-state index is 8.70. The molecule has 0 unspecified atom stereocenters. The van der Waals surface area contributed by atoms with Crippen LogP contribution in [0.25, 0.3) is 0 Å². The molecule has 0 aromatic heterocycles. The zero-order valence-electron chi connectivity index (χ0n) is 5.94. The highest BCUT2D eigenvalue weighted by Crippen LogP contribution is 1.98. The molecule has 0 amide bonds. The van der Waals surface area contributed by atoms with E-state index in [1.807, 2.05) is 0 Å². The van der Waals surface area contributed by atoms with E-state index >= 15 is 0 Å². The number of nitrogens with two attached hydrogens (primary N) is 1. The SMILES string of the molecule is NCCO.O=[P+](O)O.O=[P+](O)O. The van der Waals surface area contributed by atoms with E-state index < -0.39 is 16.5 Å². The van der Waals surface area contributed by atoms with Crippen LogP contribution in [0, 0.1) is 0 Å². The van der Waals surface area contributed by atoms with Crippen molar-refractivity contribution in [3.63, 3.8) is 0 Å². The van der Waals surface area contributed by atoms with Crippen LogP contribution < -0.4 is 5.73 Å². The molecule has 0 rings (SSSR count). The van der Waals surface area contributed by atoms with Crippen LogP contribution in [-0.2, 0) is 9.13 Å². The summed E-state index contributed by atoms with van der Waals surface area (Å²) in [6.45, 7) is 0.472. The predicted molar refractivity (Wildman–Crippen MR) is 40.2 cm³/mol. The second-order valence-corrected chi connectivity index (χ2v) is 2.03. The van der Waals surface area contributed by atoms with Gasteiger partial charge in [0.05, 0.1) is 6.61 Å². The molecule has 74 valence electrons. The van der Waals surface area contributed by atoms with Gasteiger partial charge < -0.3 is 10.8 Å². The highest BCUT2D eigenvalue weighted by molar-refractivity contribution is 7.31. The highest BCUT2D eigenvalue weighted by Gasteiger charge is 1.93. The molecule has 0 saturated heterocycles. The second kappa shape index (κ2) is 17.2. The molecule has 0 radical (unpaired) electrons. The largest absolute Gasteiger partial charge is 0.692 e. The third-order valence-corrected chi connectivity index (χ3v) is 0.129. The summed E-state index contributed by atoms with van der Waals surface area (Å²) >= 11 is 0. The van der Waals surface area contributed by atoms with Gasteiger partial charge in [-0.2, -0.15) is 0 Å². The molecule has 0 heterocycles. The van der Waals surface area contributed by atoms with E-state index in [2.05, 4.69) is 0 Å². The minimum absolute atomic E-state index is 0.0972. The molecule has 10 heteroatoms. The van der Waals surface area contributed by atoms with Crippen LogP contribution in [0.1, 0.15) is 0 Å². The van der Waals surface area contributed by atoms with Gasteiger partial charge in [-0.05, 0) is 0 Å².